The molecular formula is C10H17N5O3. The van der Waals surface area contributed by atoms with Crippen molar-refractivity contribution in [3.05, 3.63) is 12.2 Å². The lowest BCUT2D eigenvalue weighted by atomic mass is 10.4. The van der Waals surface area contributed by atoms with Gasteiger partial charge in [-0.1, -0.05) is 0 Å². The van der Waals surface area contributed by atoms with E-state index in [2.05, 4.69) is 15.5 Å². The zero-order valence-corrected chi connectivity index (χ0v) is 10.5. The minimum atomic E-state index is -0.930. The van der Waals surface area contributed by atoms with Crippen molar-refractivity contribution in [1.82, 2.24) is 25.0 Å². The van der Waals surface area contributed by atoms with Crippen LogP contribution >= 0.6 is 0 Å². The number of carboxylic acid groups (broad SMARTS) is 1. The number of aryl methyl sites for hydroxylation is 1. The summed E-state index contributed by atoms with van der Waals surface area (Å²) in [5.41, 5.74) is 0. The largest absolute Gasteiger partial charge is 0.481 e. The summed E-state index contributed by atoms with van der Waals surface area (Å²) in [7, 11) is 1.54. The third-order valence-corrected chi connectivity index (χ3v) is 2.44. The van der Waals surface area contributed by atoms with Crippen LogP contribution in [0.1, 0.15) is 19.2 Å². The molecule has 1 aromatic rings. The number of hydrogen-bond acceptors (Lipinski definition) is 4. The van der Waals surface area contributed by atoms with E-state index in [9.17, 15) is 9.59 Å². The maximum absolute atomic E-state index is 11.6. The van der Waals surface area contributed by atoms with Crippen molar-refractivity contribution in [2.45, 2.75) is 26.4 Å². The first kappa shape index (κ1) is 13.9. The average molecular weight is 255 g/mol. The fraction of sp³-hybridized carbons (Fsp3) is 0.600. The molecular weight excluding hydrogens is 238 g/mol. The zero-order chi connectivity index (χ0) is 13.5. The van der Waals surface area contributed by atoms with Crippen molar-refractivity contribution in [3.63, 3.8) is 0 Å². The van der Waals surface area contributed by atoms with Crippen molar-refractivity contribution in [2.75, 3.05) is 13.6 Å². The summed E-state index contributed by atoms with van der Waals surface area (Å²) in [6, 6.07) is -0.332. The van der Waals surface area contributed by atoms with E-state index in [1.807, 2.05) is 11.5 Å². The Hall–Kier alpha value is -2.12. The van der Waals surface area contributed by atoms with Crippen LogP contribution in [-0.2, 0) is 17.9 Å². The predicted molar refractivity (Wildman–Crippen MR) is 62.8 cm³/mol. The zero-order valence-electron chi connectivity index (χ0n) is 10.5. The van der Waals surface area contributed by atoms with Gasteiger partial charge in [0.05, 0.1) is 13.0 Å². The van der Waals surface area contributed by atoms with Crippen molar-refractivity contribution in [3.8, 4) is 0 Å². The van der Waals surface area contributed by atoms with Crippen LogP contribution < -0.4 is 5.32 Å². The molecule has 0 aliphatic rings. The van der Waals surface area contributed by atoms with E-state index in [1.165, 1.54) is 4.90 Å². The van der Waals surface area contributed by atoms with Crippen LogP contribution in [0, 0.1) is 0 Å². The van der Waals surface area contributed by atoms with Gasteiger partial charge in [0.1, 0.15) is 6.33 Å². The van der Waals surface area contributed by atoms with Crippen molar-refractivity contribution in [1.29, 1.82) is 0 Å². The van der Waals surface area contributed by atoms with Crippen molar-refractivity contribution in [2.24, 2.45) is 0 Å². The van der Waals surface area contributed by atoms with Gasteiger partial charge < -0.3 is 19.9 Å². The number of carbonyl (C=O) groups is 2. The molecule has 100 valence electrons. The number of aliphatic carboxylic acids is 1. The number of nitrogens with zero attached hydrogens (tertiary/aromatic N) is 4. The Morgan fingerprint density at radius 2 is 2.28 bits per heavy atom. The smallest absolute Gasteiger partial charge is 0.317 e. The first-order valence-corrected chi connectivity index (χ1v) is 5.62. The Morgan fingerprint density at radius 3 is 2.89 bits per heavy atom. The Balaban J connectivity index is 2.38. The maximum Gasteiger partial charge on any atom is 0.317 e. The van der Waals surface area contributed by atoms with Gasteiger partial charge in [-0.05, 0) is 6.92 Å². The molecule has 0 saturated heterocycles. The van der Waals surface area contributed by atoms with E-state index in [-0.39, 0.29) is 25.5 Å². The molecule has 0 unspecified atom stereocenters. The Kier molecular flexibility index (Phi) is 5.09. The molecule has 0 fully saturated rings. The molecule has 0 saturated carbocycles. The van der Waals surface area contributed by atoms with Crippen LogP contribution in [0.15, 0.2) is 6.33 Å². The second kappa shape index (κ2) is 6.58. The Labute approximate surface area is 105 Å². The standard InChI is InChI=1S/C10H17N5O3/c1-3-15-7-12-13-8(15)6-11-10(18)14(2)5-4-9(16)17/h7H,3-6H2,1-2H3,(H,11,18)(H,16,17). The lowest BCUT2D eigenvalue weighted by molar-refractivity contribution is -0.137. The van der Waals surface area contributed by atoms with Crippen LogP contribution in [-0.4, -0.2) is 50.4 Å². The van der Waals surface area contributed by atoms with Crippen LogP contribution in [0.3, 0.4) is 0 Å². The maximum atomic E-state index is 11.6. The molecule has 0 aliphatic carbocycles. The highest BCUT2D eigenvalue weighted by atomic mass is 16.4. The lowest BCUT2D eigenvalue weighted by Crippen LogP contribution is -2.38. The monoisotopic (exact) mass is 255 g/mol. The molecule has 8 nitrogen and oxygen atoms in total. The number of hydrogen-bond donors (Lipinski definition) is 2. The Morgan fingerprint density at radius 1 is 1.56 bits per heavy atom. The summed E-state index contributed by atoms with van der Waals surface area (Å²) in [5, 5.41) is 18.8. The molecule has 0 spiro atoms. The van der Waals surface area contributed by atoms with Gasteiger partial charge in [-0.15, -0.1) is 10.2 Å². The molecule has 0 radical (unpaired) electrons. The number of carboxylic acids is 1. The van der Waals surface area contributed by atoms with Crippen LogP contribution in [0.5, 0.6) is 0 Å². The highest BCUT2D eigenvalue weighted by molar-refractivity contribution is 5.74. The van der Waals surface area contributed by atoms with Gasteiger partial charge in [0.15, 0.2) is 5.82 Å². The molecule has 0 bridgehead atoms. The average Bonchev–Trinajstić information content (AvgIpc) is 2.80. The van der Waals surface area contributed by atoms with Gasteiger partial charge in [-0.2, -0.15) is 0 Å². The van der Waals surface area contributed by atoms with Gasteiger partial charge in [0, 0.05) is 20.1 Å². The van der Waals surface area contributed by atoms with E-state index in [0.29, 0.717) is 5.82 Å². The summed E-state index contributed by atoms with van der Waals surface area (Å²) >= 11 is 0. The molecule has 1 aromatic heterocycles. The number of rotatable bonds is 6. The van der Waals surface area contributed by atoms with E-state index in [0.717, 1.165) is 6.54 Å². The summed E-state index contributed by atoms with van der Waals surface area (Å²) in [4.78, 5) is 23.3. The van der Waals surface area contributed by atoms with E-state index in [4.69, 9.17) is 5.11 Å². The topological polar surface area (TPSA) is 100 Å². The number of aromatic nitrogens is 3. The van der Waals surface area contributed by atoms with Gasteiger partial charge in [-0.3, -0.25) is 4.79 Å². The number of nitrogens with one attached hydrogen (secondary N) is 1. The van der Waals surface area contributed by atoms with Crippen LogP contribution in [0.4, 0.5) is 4.79 Å². The molecule has 0 aliphatic heterocycles. The number of amides is 2. The number of carbonyl (C=O) groups excluding carboxylic acids is 1. The van der Waals surface area contributed by atoms with Gasteiger partial charge in [0.25, 0.3) is 0 Å². The fourth-order valence-corrected chi connectivity index (χ4v) is 1.33. The fourth-order valence-electron chi connectivity index (χ4n) is 1.33. The first-order chi connectivity index (χ1) is 8.54. The highest BCUT2D eigenvalue weighted by Gasteiger charge is 2.11. The first-order valence-electron chi connectivity index (χ1n) is 5.62. The quantitative estimate of drug-likeness (QED) is 0.740. The minimum absolute atomic E-state index is 0.0743. The molecule has 1 heterocycles. The highest BCUT2D eigenvalue weighted by Crippen LogP contribution is 1.95. The normalized spacial score (nSPS) is 10.1. The second-order valence-electron chi connectivity index (χ2n) is 3.76. The molecule has 2 amide bonds. The SMILES string of the molecule is CCn1cnnc1CNC(=O)N(C)CCC(=O)O. The van der Waals surface area contributed by atoms with Gasteiger partial charge in [0.2, 0.25) is 0 Å². The third-order valence-electron chi connectivity index (χ3n) is 2.44. The molecule has 0 aromatic carbocycles. The molecule has 18 heavy (non-hydrogen) atoms. The lowest BCUT2D eigenvalue weighted by Gasteiger charge is -2.16. The molecule has 1 rings (SSSR count). The summed E-state index contributed by atoms with van der Waals surface area (Å²) in [5.74, 6) is -0.266. The molecule has 8 heteroatoms. The van der Waals surface area contributed by atoms with Crippen molar-refractivity contribution < 1.29 is 14.7 Å². The van der Waals surface area contributed by atoms with E-state index < -0.39 is 5.97 Å². The molecule has 0 atom stereocenters. The third kappa shape index (κ3) is 4.04. The van der Waals surface area contributed by atoms with Crippen LogP contribution in [0.2, 0.25) is 0 Å². The predicted octanol–water partition coefficient (Wildman–Crippen LogP) is -0.0859. The van der Waals surface area contributed by atoms with Crippen molar-refractivity contribution >= 4 is 12.0 Å². The van der Waals surface area contributed by atoms with E-state index in [1.54, 1.807) is 13.4 Å². The van der Waals surface area contributed by atoms with Gasteiger partial charge >= 0.3 is 12.0 Å². The Bertz CT molecular complexity index is 417. The second-order valence-corrected chi connectivity index (χ2v) is 3.76. The number of urea groups is 1. The van der Waals surface area contributed by atoms with Crippen LogP contribution in [0.25, 0.3) is 0 Å². The summed E-state index contributed by atoms with van der Waals surface area (Å²) < 4.78 is 1.82. The summed E-state index contributed by atoms with van der Waals surface area (Å²) in [6.45, 7) is 3.12. The van der Waals surface area contributed by atoms with E-state index >= 15 is 0 Å². The van der Waals surface area contributed by atoms with Gasteiger partial charge in [-0.25, -0.2) is 4.79 Å². The minimum Gasteiger partial charge on any atom is -0.481 e. The summed E-state index contributed by atoms with van der Waals surface area (Å²) in [6.07, 6.45) is 1.52. The molecule has 2 N–H and O–H groups in total.